The number of aromatic nitrogens is 4. The SMILES string of the molecule is O=C(Cn1cnnn1)N[C@@H]1CCOC[C@H]1Oc1ccc(CO)cc1. The van der Waals surface area contributed by atoms with Crippen LogP contribution in [-0.2, 0) is 22.7 Å². The summed E-state index contributed by atoms with van der Waals surface area (Å²) in [6, 6.07) is 7.02. The van der Waals surface area contributed by atoms with Gasteiger partial charge in [-0.05, 0) is 34.5 Å². The molecular weight excluding hydrogens is 314 g/mol. The summed E-state index contributed by atoms with van der Waals surface area (Å²) >= 11 is 0. The number of rotatable bonds is 6. The minimum Gasteiger partial charge on any atom is -0.486 e. The molecule has 128 valence electrons. The zero-order chi connectivity index (χ0) is 16.8. The van der Waals surface area contributed by atoms with Crippen molar-refractivity contribution in [3.63, 3.8) is 0 Å². The van der Waals surface area contributed by atoms with E-state index in [1.165, 1.54) is 11.0 Å². The highest BCUT2D eigenvalue weighted by Gasteiger charge is 2.29. The number of benzene rings is 1. The molecule has 1 amide bonds. The van der Waals surface area contributed by atoms with Crippen LogP contribution in [0.25, 0.3) is 0 Å². The van der Waals surface area contributed by atoms with E-state index in [0.29, 0.717) is 25.4 Å². The predicted octanol–water partition coefficient (Wildman–Crippen LogP) is -0.482. The van der Waals surface area contributed by atoms with Crippen molar-refractivity contribution in [2.45, 2.75) is 31.7 Å². The molecular formula is C15H19N5O4. The summed E-state index contributed by atoms with van der Waals surface area (Å²) in [7, 11) is 0. The van der Waals surface area contributed by atoms with Crippen molar-refractivity contribution in [1.82, 2.24) is 25.5 Å². The number of carbonyl (C=O) groups excluding carboxylic acids is 1. The molecule has 2 aromatic rings. The largest absolute Gasteiger partial charge is 0.486 e. The van der Waals surface area contributed by atoms with Gasteiger partial charge in [0.25, 0.3) is 0 Å². The maximum absolute atomic E-state index is 12.1. The van der Waals surface area contributed by atoms with Gasteiger partial charge in [0, 0.05) is 6.61 Å². The Hall–Kier alpha value is -2.52. The molecule has 0 spiro atoms. The van der Waals surface area contributed by atoms with Crippen molar-refractivity contribution in [3.8, 4) is 5.75 Å². The van der Waals surface area contributed by atoms with Crippen LogP contribution in [0.4, 0.5) is 0 Å². The van der Waals surface area contributed by atoms with Gasteiger partial charge in [0.15, 0.2) is 0 Å². The number of nitrogens with one attached hydrogen (secondary N) is 1. The third-order valence-corrected chi connectivity index (χ3v) is 3.74. The lowest BCUT2D eigenvalue weighted by molar-refractivity contribution is -0.124. The number of carbonyl (C=O) groups is 1. The molecule has 24 heavy (non-hydrogen) atoms. The Labute approximate surface area is 138 Å². The topological polar surface area (TPSA) is 111 Å². The lowest BCUT2D eigenvalue weighted by Gasteiger charge is -2.32. The Kier molecular flexibility index (Phi) is 5.34. The van der Waals surface area contributed by atoms with Gasteiger partial charge in [-0.2, -0.15) is 0 Å². The average Bonchev–Trinajstić information content (AvgIpc) is 3.10. The van der Waals surface area contributed by atoms with Crippen LogP contribution in [0.1, 0.15) is 12.0 Å². The van der Waals surface area contributed by atoms with Gasteiger partial charge in [-0.15, -0.1) is 5.10 Å². The number of tetrazole rings is 1. The minimum atomic E-state index is -0.281. The molecule has 2 heterocycles. The van der Waals surface area contributed by atoms with E-state index >= 15 is 0 Å². The summed E-state index contributed by atoms with van der Waals surface area (Å²) < 4.78 is 12.8. The summed E-state index contributed by atoms with van der Waals surface area (Å²) in [5, 5.41) is 22.7. The first-order chi connectivity index (χ1) is 11.7. The molecule has 9 nitrogen and oxygen atoms in total. The molecule has 9 heteroatoms. The first-order valence-corrected chi connectivity index (χ1v) is 7.69. The zero-order valence-corrected chi connectivity index (χ0v) is 13.0. The molecule has 0 unspecified atom stereocenters. The van der Waals surface area contributed by atoms with Crippen LogP contribution in [0.15, 0.2) is 30.6 Å². The highest BCUT2D eigenvalue weighted by Crippen LogP contribution is 2.18. The number of hydrogen-bond donors (Lipinski definition) is 2. The maximum Gasteiger partial charge on any atom is 0.242 e. The lowest BCUT2D eigenvalue weighted by Crippen LogP contribution is -2.52. The summed E-state index contributed by atoms with van der Waals surface area (Å²) in [5.41, 5.74) is 0.813. The van der Waals surface area contributed by atoms with Crippen molar-refractivity contribution in [2.75, 3.05) is 13.2 Å². The van der Waals surface area contributed by atoms with E-state index in [0.717, 1.165) is 5.56 Å². The van der Waals surface area contributed by atoms with Crippen LogP contribution >= 0.6 is 0 Å². The quantitative estimate of drug-likeness (QED) is 0.734. The van der Waals surface area contributed by atoms with Crippen LogP contribution < -0.4 is 10.1 Å². The van der Waals surface area contributed by atoms with E-state index in [1.54, 1.807) is 24.3 Å². The molecule has 0 radical (unpaired) electrons. The van der Waals surface area contributed by atoms with E-state index in [1.807, 2.05) is 0 Å². The minimum absolute atomic E-state index is 0.0113. The Balaban J connectivity index is 1.58. The zero-order valence-electron chi connectivity index (χ0n) is 13.0. The monoisotopic (exact) mass is 333 g/mol. The Morgan fingerprint density at radius 1 is 1.42 bits per heavy atom. The third kappa shape index (κ3) is 4.27. The number of aliphatic hydroxyl groups is 1. The van der Waals surface area contributed by atoms with Gasteiger partial charge in [-0.25, -0.2) is 4.68 Å². The Bertz CT molecular complexity index is 646. The smallest absolute Gasteiger partial charge is 0.242 e. The molecule has 0 bridgehead atoms. The van der Waals surface area contributed by atoms with Crippen molar-refractivity contribution >= 4 is 5.91 Å². The first-order valence-electron chi connectivity index (χ1n) is 7.69. The summed E-state index contributed by atoms with van der Waals surface area (Å²) in [4.78, 5) is 12.1. The first kappa shape index (κ1) is 16.3. The second kappa shape index (κ2) is 7.84. The van der Waals surface area contributed by atoms with Gasteiger partial charge in [-0.3, -0.25) is 4.79 Å². The highest BCUT2D eigenvalue weighted by atomic mass is 16.5. The molecule has 0 saturated carbocycles. The van der Waals surface area contributed by atoms with Gasteiger partial charge in [-0.1, -0.05) is 12.1 Å². The molecule has 2 N–H and O–H groups in total. The predicted molar refractivity (Wildman–Crippen MR) is 82.0 cm³/mol. The van der Waals surface area contributed by atoms with E-state index < -0.39 is 0 Å². The average molecular weight is 333 g/mol. The Morgan fingerprint density at radius 2 is 2.25 bits per heavy atom. The van der Waals surface area contributed by atoms with Crippen molar-refractivity contribution < 1.29 is 19.4 Å². The van der Waals surface area contributed by atoms with E-state index in [-0.39, 0.29) is 31.2 Å². The molecule has 1 aliphatic rings. The van der Waals surface area contributed by atoms with Crippen LogP contribution in [-0.4, -0.2) is 56.6 Å². The lowest BCUT2D eigenvalue weighted by atomic mass is 10.1. The molecule has 1 aromatic carbocycles. The van der Waals surface area contributed by atoms with E-state index in [2.05, 4.69) is 20.8 Å². The van der Waals surface area contributed by atoms with Crippen LogP contribution in [0.2, 0.25) is 0 Å². The molecule has 1 aromatic heterocycles. The second-order valence-electron chi connectivity index (χ2n) is 5.50. The van der Waals surface area contributed by atoms with Gasteiger partial charge in [0.2, 0.25) is 5.91 Å². The van der Waals surface area contributed by atoms with Crippen LogP contribution in [0.5, 0.6) is 5.75 Å². The van der Waals surface area contributed by atoms with Gasteiger partial charge < -0.3 is 19.9 Å². The van der Waals surface area contributed by atoms with Crippen molar-refractivity contribution in [3.05, 3.63) is 36.2 Å². The number of amides is 1. The van der Waals surface area contributed by atoms with Crippen molar-refractivity contribution in [2.24, 2.45) is 0 Å². The fraction of sp³-hybridized carbons (Fsp3) is 0.467. The van der Waals surface area contributed by atoms with Gasteiger partial charge >= 0.3 is 0 Å². The summed E-state index contributed by atoms with van der Waals surface area (Å²) in [6.45, 7) is 1.02. The molecule has 0 aliphatic carbocycles. The second-order valence-corrected chi connectivity index (χ2v) is 5.50. The molecule has 1 saturated heterocycles. The molecule has 1 aliphatic heterocycles. The number of aliphatic hydroxyl groups excluding tert-OH is 1. The summed E-state index contributed by atoms with van der Waals surface area (Å²) in [6.07, 6.45) is 1.78. The van der Waals surface area contributed by atoms with Gasteiger partial charge in [0.1, 0.15) is 24.7 Å². The fourth-order valence-corrected chi connectivity index (χ4v) is 2.49. The molecule has 3 rings (SSSR count). The van der Waals surface area contributed by atoms with E-state index in [4.69, 9.17) is 14.6 Å². The van der Waals surface area contributed by atoms with Crippen LogP contribution in [0.3, 0.4) is 0 Å². The fourth-order valence-electron chi connectivity index (χ4n) is 2.49. The highest BCUT2D eigenvalue weighted by molar-refractivity contribution is 5.76. The number of hydrogen-bond acceptors (Lipinski definition) is 7. The Morgan fingerprint density at radius 3 is 2.96 bits per heavy atom. The number of nitrogens with zero attached hydrogens (tertiary/aromatic N) is 4. The standard InChI is InChI=1S/C15H19N5O4/c21-8-11-1-3-12(4-2-11)24-14-9-23-6-5-13(14)17-15(22)7-20-10-16-18-19-20/h1-4,10,13-14,21H,5-9H2,(H,17,22)/t13-,14-/m1/s1. The summed E-state index contributed by atoms with van der Waals surface area (Å²) in [5.74, 6) is 0.487. The molecule has 1 fully saturated rings. The molecule has 2 atom stereocenters. The maximum atomic E-state index is 12.1. The van der Waals surface area contributed by atoms with E-state index in [9.17, 15) is 4.79 Å². The van der Waals surface area contributed by atoms with Gasteiger partial charge in [0.05, 0.1) is 19.3 Å². The normalized spacial score (nSPS) is 20.5. The van der Waals surface area contributed by atoms with Crippen LogP contribution in [0, 0.1) is 0 Å². The number of ether oxygens (including phenoxy) is 2. The third-order valence-electron chi connectivity index (χ3n) is 3.74. The van der Waals surface area contributed by atoms with Crippen molar-refractivity contribution in [1.29, 1.82) is 0 Å².